The molecule has 106 valence electrons. The van der Waals surface area contributed by atoms with E-state index < -0.39 is 0 Å². The van der Waals surface area contributed by atoms with E-state index in [2.05, 4.69) is 15.1 Å². The fourth-order valence-electron chi connectivity index (χ4n) is 2.12. The molecule has 0 spiro atoms. The molecule has 2 aromatic heterocycles. The minimum absolute atomic E-state index is 0.144. The zero-order valence-corrected chi connectivity index (χ0v) is 11.5. The molecule has 3 aromatic rings. The van der Waals surface area contributed by atoms with Gasteiger partial charge in [0.2, 0.25) is 5.82 Å². The predicted molar refractivity (Wildman–Crippen MR) is 75.8 cm³/mol. The summed E-state index contributed by atoms with van der Waals surface area (Å²) in [5.41, 5.74) is 2.79. The average Bonchev–Trinajstić information content (AvgIpc) is 2.90. The van der Waals surface area contributed by atoms with Crippen molar-refractivity contribution in [3.8, 4) is 34.3 Å². The lowest BCUT2D eigenvalue weighted by molar-refractivity contribution is 0.397. The topological polar surface area (TPSA) is 92.3 Å². The summed E-state index contributed by atoms with van der Waals surface area (Å²) in [6.45, 7) is 3.77. The van der Waals surface area contributed by atoms with E-state index in [0.29, 0.717) is 5.82 Å². The third kappa shape index (κ3) is 2.43. The number of phenolic OH excluding ortho intramolecular Hbond substituents is 2. The minimum Gasteiger partial charge on any atom is -0.504 e. The Morgan fingerprint density at radius 3 is 2.43 bits per heavy atom. The van der Waals surface area contributed by atoms with Gasteiger partial charge in [-0.15, -0.1) is 0 Å². The van der Waals surface area contributed by atoms with Gasteiger partial charge < -0.3 is 14.7 Å². The molecule has 0 atom stereocenters. The molecule has 0 bridgehead atoms. The Hall–Kier alpha value is -2.89. The van der Waals surface area contributed by atoms with Gasteiger partial charge in [0.15, 0.2) is 11.5 Å². The van der Waals surface area contributed by atoms with Crippen LogP contribution in [0.2, 0.25) is 0 Å². The first-order valence-electron chi connectivity index (χ1n) is 6.35. The number of benzene rings is 1. The van der Waals surface area contributed by atoms with E-state index in [1.54, 1.807) is 12.1 Å². The molecular formula is C15H13N3O3. The van der Waals surface area contributed by atoms with Gasteiger partial charge in [0.1, 0.15) is 0 Å². The van der Waals surface area contributed by atoms with Crippen LogP contribution in [0.3, 0.4) is 0 Å². The van der Waals surface area contributed by atoms with Crippen LogP contribution in [0.4, 0.5) is 0 Å². The van der Waals surface area contributed by atoms with Gasteiger partial charge in [-0.2, -0.15) is 4.98 Å². The van der Waals surface area contributed by atoms with Crippen molar-refractivity contribution >= 4 is 0 Å². The summed E-state index contributed by atoms with van der Waals surface area (Å²) in [6.07, 6.45) is 0. The van der Waals surface area contributed by atoms with Crippen molar-refractivity contribution in [1.29, 1.82) is 0 Å². The van der Waals surface area contributed by atoms with Gasteiger partial charge in [0.25, 0.3) is 5.89 Å². The highest BCUT2D eigenvalue weighted by Gasteiger charge is 2.16. The Bertz CT molecular complexity index is 791. The fourth-order valence-corrected chi connectivity index (χ4v) is 2.12. The SMILES string of the molecule is Cc1cc(-c2noc(-c3cccc(O)c3O)n2)cc(C)n1. The third-order valence-electron chi connectivity index (χ3n) is 3.01. The van der Waals surface area contributed by atoms with Gasteiger partial charge in [0, 0.05) is 17.0 Å². The average molecular weight is 283 g/mol. The molecule has 3 rings (SSSR count). The number of aryl methyl sites for hydroxylation is 2. The van der Waals surface area contributed by atoms with E-state index in [-0.39, 0.29) is 23.0 Å². The molecule has 6 heteroatoms. The molecule has 6 nitrogen and oxygen atoms in total. The number of aromatic nitrogens is 3. The minimum atomic E-state index is -0.283. The number of hydrogen-bond acceptors (Lipinski definition) is 6. The zero-order chi connectivity index (χ0) is 15.0. The number of aromatic hydroxyl groups is 2. The maximum Gasteiger partial charge on any atom is 0.262 e. The summed E-state index contributed by atoms with van der Waals surface area (Å²) >= 11 is 0. The van der Waals surface area contributed by atoms with Crippen LogP contribution in [-0.2, 0) is 0 Å². The summed E-state index contributed by atoms with van der Waals surface area (Å²) in [5, 5.41) is 23.3. The van der Waals surface area contributed by atoms with Crippen LogP contribution in [0.1, 0.15) is 11.4 Å². The van der Waals surface area contributed by atoms with Crippen molar-refractivity contribution in [2.45, 2.75) is 13.8 Å². The van der Waals surface area contributed by atoms with Crippen molar-refractivity contribution < 1.29 is 14.7 Å². The fraction of sp³-hybridized carbons (Fsp3) is 0.133. The Morgan fingerprint density at radius 2 is 1.71 bits per heavy atom. The molecule has 1 aromatic carbocycles. The quantitative estimate of drug-likeness (QED) is 0.702. The number of rotatable bonds is 2. The van der Waals surface area contributed by atoms with Crippen LogP contribution in [0.25, 0.3) is 22.8 Å². The third-order valence-corrected chi connectivity index (χ3v) is 3.01. The maximum absolute atomic E-state index is 9.83. The molecule has 2 N–H and O–H groups in total. The first kappa shape index (κ1) is 13.1. The van der Waals surface area contributed by atoms with Crippen LogP contribution in [0, 0.1) is 13.8 Å². The molecule has 0 radical (unpaired) electrons. The van der Waals surface area contributed by atoms with Crippen molar-refractivity contribution in [1.82, 2.24) is 15.1 Å². The molecule has 0 amide bonds. The standard InChI is InChI=1S/C15H13N3O3/c1-8-6-10(7-9(2)16-8)14-17-15(21-18-14)11-4-3-5-12(19)13(11)20/h3-7,19-20H,1-2H3. The van der Waals surface area contributed by atoms with E-state index >= 15 is 0 Å². The van der Waals surface area contributed by atoms with Crippen LogP contribution in [0.15, 0.2) is 34.9 Å². The van der Waals surface area contributed by atoms with Crippen molar-refractivity contribution in [3.05, 3.63) is 41.7 Å². The monoisotopic (exact) mass is 283 g/mol. The van der Waals surface area contributed by atoms with Crippen molar-refractivity contribution in [2.75, 3.05) is 0 Å². The number of phenols is 2. The number of pyridine rings is 1. The number of para-hydroxylation sites is 1. The summed E-state index contributed by atoms with van der Waals surface area (Å²) in [7, 11) is 0. The van der Waals surface area contributed by atoms with Crippen LogP contribution < -0.4 is 0 Å². The molecule has 0 aliphatic carbocycles. The molecule has 0 saturated heterocycles. The van der Waals surface area contributed by atoms with Crippen LogP contribution in [-0.4, -0.2) is 25.3 Å². The van der Waals surface area contributed by atoms with Gasteiger partial charge in [-0.3, -0.25) is 4.98 Å². The second-order valence-corrected chi connectivity index (χ2v) is 4.74. The smallest absolute Gasteiger partial charge is 0.262 e. The Morgan fingerprint density at radius 1 is 1.00 bits per heavy atom. The van der Waals surface area contributed by atoms with Crippen molar-refractivity contribution in [3.63, 3.8) is 0 Å². The highest BCUT2D eigenvalue weighted by Crippen LogP contribution is 2.35. The second-order valence-electron chi connectivity index (χ2n) is 4.74. The zero-order valence-electron chi connectivity index (χ0n) is 11.5. The van der Waals surface area contributed by atoms with Crippen LogP contribution >= 0.6 is 0 Å². The van der Waals surface area contributed by atoms with Gasteiger partial charge >= 0.3 is 0 Å². The predicted octanol–water partition coefficient (Wildman–Crippen LogP) is 2.83. The van der Waals surface area contributed by atoms with Gasteiger partial charge in [-0.1, -0.05) is 11.2 Å². The molecule has 0 aliphatic heterocycles. The number of hydrogen-bond donors (Lipinski definition) is 2. The van der Waals surface area contributed by atoms with Gasteiger partial charge in [0.05, 0.1) is 5.56 Å². The van der Waals surface area contributed by atoms with Gasteiger partial charge in [-0.05, 0) is 38.1 Å². The van der Waals surface area contributed by atoms with E-state index in [0.717, 1.165) is 17.0 Å². The normalized spacial score (nSPS) is 10.8. The first-order chi connectivity index (χ1) is 10.0. The van der Waals surface area contributed by atoms with Crippen LogP contribution in [0.5, 0.6) is 11.5 Å². The van der Waals surface area contributed by atoms with Crippen molar-refractivity contribution in [2.24, 2.45) is 0 Å². The summed E-state index contributed by atoms with van der Waals surface area (Å²) in [4.78, 5) is 8.55. The molecule has 2 heterocycles. The largest absolute Gasteiger partial charge is 0.504 e. The molecule has 0 aliphatic rings. The molecule has 21 heavy (non-hydrogen) atoms. The molecule has 0 unspecified atom stereocenters. The van der Waals surface area contributed by atoms with E-state index in [1.165, 1.54) is 6.07 Å². The second kappa shape index (κ2) is 4.90. The first-order valence-corrected chi connectivity index (χ1v) is 6.35. The Balaban J connectivity index is 2.06. The summed E-state index contributed by atoms with van der Waals surface area (Å²) in [6, 6.07) is 8.27. The van der Waals surface area contributed by atoms with E-state index in [9.17, 15) is 10.2 Å². The molecule has 0 fully saturated rings. The Kier molecular flexibility index (Phi) is 3.06. The lowest BCUT2D eigenvalue weighted by Gasteiger charge is -2.00. The summed E-state index contributed by atoms with van der Waals surface area (Å²) in [5.74, 6) is 0.0319. The number of nitrogens with zero attached hydrogens (tertiary/aromatic N) is 3. The lowest BCUT2D eigenvalue weighted by atomic mass is 10.1. The lowest BCUT2D eigenvalue weighted by Crippen LogP contribution is -1.89. The highest BCUT2D eigenvalue weighted by molar-refractivity contribution is 5.68. The summed E-state index contributed by atoms with van der Waals surface area (Å²) < 4.78 is 5.17. The van der Waals surface area contributed by atoms with E-state index in [1.807, 2.05) is 26.0 Å². The highest BCUT2D eigenvalue weighted by atomic mass is 16.5. The molecule has 0 saturated carbocycles. The van der Waals surface area contributed by atoms with Gasteiger partial charge in [-0.25, -0.2) is 0 Å². The molecular weight excluding hydrogens is 270 g/mol. The maximum atomic E-state index is 9.83. The van der Waals surface area contributed by atoms with E-state index in [4.69, 9.17) is 4.52 Å². The Labute approximate surface area is 120 Å².